The number of carbonyl (C=O) groups excluding carboxylic acids is 1. The molecular weight excluding hydrogens is 240 g/mol. The Balaban J connectivity index is 1.95. The normalized spacial score (nSPS) is 10.6. The van der Waals surface area contributed by atoms with E-state index in [9.17, 15) is 4.79 Å². The third-order valence-corrected chi connectivity index (χ3v) is 2.95. The lowest BCUT2D eigenvalue weighted by molar-refractivity contribution is 0.0968. The van der Waals surface area contributed by atoms with E-state index in [0.29, 0.717) is 16.9 Å². The number of carbonyl (C=O) groups is 1. The van der Waals surface area contributed by atoms with Crippen molar-refractivity contribution in [3.63, 3.8) is 0 Å². The topological polar surface area (TPSA) is 46.3 Å². The van der Waals surface area contributed by atoms with Gasteiger partial charge in [0.1, 0.15) is 5.52 Å². The minimum absolute atomic E-state index is 0.191. The summed E-state index contributed by atoms with van der Waals surface area (Å²) in [6.45, 7) is 0. The number of fused-ring (bicyclic) bond motifs is 1. The molecule has 0 atom stereocenters. The van der Waals surface area contributed by atoms with Gasteiger partial charge in [-0.15, -0.1) is 0 Å². The molecule has 3 aromatic rings. The molecular formula is C15H12N2O2. The first kappa shape index (κ1) is 11.5. The maximum absolute atomic E-state index is 12.3. The number of hydrogen-bond donors (Lipinski definition) is 0. The van der Waals surface area contributed by atoms with E-state index >= 15 is 0 Å². The third kappa shape index (κ3) is 2.08. The third-order valence-electron chi connectivity index (χ3n) is 2.95. The molecule has 0 bridgehead atoms. The smallest absolute Gasteiger partial charge is 0.293 e. The average Bonchev–Trinajstić information content (AvgIpc) is 2.90. The summed E-state index contributed by atoms with van der Waals surface area (Å²) in [5.41, 5.74) is 2.13. The van der Waals surface area contributed by atoms with E-state index in [1.165, 1.54) is 0 Å². The van der Waals surface area contributed by atoms with Gasteiger partial charge in [-0.25, -0.2) is 0 Å². The van der Waals surface area contributed by atoms with Crippen molar-refractivity contribution in [2.24, 2.45) is 0 Å². The Hall–Kier alpha value is -2.62. The van der Waals surface area contributed by atoms with Gasteiger partial charge in [-0.05, 0) is 24.3 Å². The fourth-order valence-electron chi connectivity index (χ4n) is 1.91. The van der Waals surface area contributed by atoms with Crippen molar-refractivity contribution >= 4 is 22.7 Å². The molecule has 1 aromatic carbocycles. The number of aromatic nitrogens is 1. The summed E-state index contributed by atoms with van der Waals surface area (Å²) in [5, 5.41) is 0. The number of amides is 1. The second kappa shape index (κ2) is 4.57. The molecule has 0 N–H and O–H groups in total. The molecule has 0 aliphatic rings. The molecule has 3 rings (SSSR count). The fourth-order valence-corrected chi connectivity index (χ4v) is 1.91. The Morgan fingerprint density at radius 3 is 2.68 bits per heavy atom. The highest BCUT2D eigenvalue weighted by molar-refractivity contribution is 6.05. The SMILES string of the molecule is CN(C(=O)c1cc2ncccc2o1)c1ccccc1. The first-order valence-corrected chi connectivity index (χ1v) is 5.93. The van der Waals surface area contributed by atoms with Gasteiger partial charge in [0.05, 0.1) is 0 Å². The monoisotopic (exact) mass is 252 g/mol. The molecule has 0 saturated heterocycles. The Morgan fingerprint density at radius 1 is 1.16 bits per heavy atom. The molecule has 94 valence electrons. The minimum atomic E-state index is -0.191. The Labute approximate surface area is 110 Å². The number of furan rings is 1. The van der Waals surface area contributed by atoms with Crippen LogP contribution in [0, 0.1) is 0 Å². The van der Waals surface area contributed by atoms with E-state index in [-0.39, 0.29) is 5.91 Å². The number of rotatable bonds is 2. The standard InChI is InChI=1S/C15H12N2O2/c1-17(11-6-3-2-4-7-11)15(18)14-10-12-13(19-14)8-5-9-16-12/h2-10H,1H3. The summed E-state index contributed by atoms with van der Waals surface area (Å²) < 4.78 is 5.52. The summed E-state index contributed by atoms with van der Waals surface area (Å²) in [6.07, 6.45) is 1.67. The van der Waals surface area contributed by atoms with E-state index in [0.717, 1.165) is 5.69 Å². The van der Waals surface area contributed by atoms with Crippen LogP contribution in [-0.2, 0) is 0 Å². The van der Waals surface area contributed by atoms with Crippen LogP contribution in [-0.4, -0.2) is 17.9 Å². The average molecular weight is 252 g/mol. The Bertz CT molecular complexity index is 686. The van der Waals surface area contributed by atoms with Crippen molar-refractivity contribution in [2.75, 3.05) is 11.9 Å². The van der Waals surface area contributed by atoms with Gasteiger partial charge in [-0.1, -0.05) is 18.2 Å². The second-order valence-corrected chi connectivity index (χ2v) is 4.20. The van der Waals surface area contributed by atoms with Gasteiger partial charge in [0.25, 0.3) is 5.91 Å². The maximum atomic E-state index is 12.3. The molecule has 2 heterocycles. The number of anilines is 1. The first-order chi connectivity index (χ1) is 9.25. The van der Waals surface area contributed by atoms with Crippen LogP contribution in [0.1, 0.15) is 10.6 Å². The fraction of sp³-hybridized carbons (Fsp3) is 0.0667. The number of para-hydroxylation sites is 1. The largest absolute Gasteiger partial charge is 0.449 e. The zero-order valence-electron chi connectivity index (χ0n) is 10.4. The highest BCUT2D eigenvalue weighted by atomic mass is 16.3. The van der Waals surface area contributed by atoms with E-state index in [1.807, 2.05) is 30.3 Å². The molecule has 19 heavy (non-hydrogen) atoms. The van der Waals surface area contributed by atoms with Crippen molar-refractivity contribution < 1.29 is 9.21 Å². The van der Waals surface area contributed by atoms with Gasteiger partial charge in [-0.2, -0.15) is 0 Å². The molecule has 4 nitrogen and oxygen atoms in total. The highest BCUT2D eigenvalue weighted by Crippen LogP contribution is 2.20. The van der Waals surface area contributed by atoms with Crippen LogP contribution < -0.4 is 4.90 Å². The van der Waals surface area contributed by atoms with Gasteiger partial charge < -0.3 is 9.32 Å². The van der Waals surface area contributed by atoms with Gasteiger partial charge in [0.2, 0.25) is 0 Å². The molecule has 1 amide bonds. The van der Waals surface area contributed by atoms with Gasteiger partial charge in [-0.3, -0.25) is 9.78 Å². The van der Waals surface area contributed by atoms with E-state index in [4.69, 9.17) is 4.42 Å². The minimum Gasteiger partial charge on any atom is -0.449 e. The van der Waals surface area contributed by atoms with Gasteiger partial charge >= 0.3 is 0 Å². The predicted octanol–water partition coefficient (Wildman–Crippen LogP) is 3.10. The lowest BCUT2D eigenvalue weighted by Gasteiger charge is -2.15. The molecule has 0 unspecified atom stereocenters. The van der Waals surface area contributed by atoms with E-state index in [1.54, 1.807) is 36.3 Å². The second-order valence-electron chi connectivity index (χ2n) is 4.20. The summed E-state index contributed by atoms with van der Waals surface area (Å²) in [7, 11) is 1.72. The van der Waals surface area contributed by atoms with Crippen LogP contribution in [0.5, 0.6) is 0 Å². The van der Waals surface area contributed by atoms with Crippen molar-refractivity contribution in [3.05, 3.63) is 60.5 Å². The summed E-state index contributed by atoms with van der Waals surface area (Å²) in [4.78, 5) is 18.0. The molecule has 0 fully saturated rings. The molecule has 4 heteroatoms. The van der Waals surface area contributed by atoms with Crippen molar-refractivity contribution in [3.8, 4) is 0 Å². The molecule has 0 spiro atoms. The van der Waals surface area contributed by atoms with Crippen LogP contribution in [0.15, 0.2) is 59.1 Å². The molecule has 0 radical (unpaired) electrons. The number of nitrogens with zero attached hydrogens (tertiary/aromatic N) is 2. The van der Waals surface area contributed by atoms with Crippen LogP contribution >= 0.6 is 0 Å². The van der Waals surface area contributed by atoms with E-state index < -0.39 is 0 Å². The maximum Gasteiger partial charge on any atom is 0.293 e. The van der Waals surface area contributed by atoms with E-state index in [2.05, 4.69) is 4.98 Å². The Morgan fingerprint density at radius 2 is 1.95 bits per heavy atom. The lowest BCUT2D eigenvalue weighted by atomic mass is 10.3. The zero-order chi connectivity index (χ0) is 13.2. The molecule has 0 saturated carbocycles. The van der Waals surface area contributed by atoms with Crippen molar-refractivity contribution in [1.82, 2.24) is 4.98 Å². The van der Waals surface area contributed by atoms with Gasteiger partial charge in [0.15, 0.2) is 11.3 Å². The first-order valence-electron chi connectivity index (χ1n) is 5.93. The van der Waals surface area contributed by atoms with Gasteiger partial charge in [0, 0.05) is 25.0 Å². The summed E-state index contributed by atoms with van der Waals surface area (Å²) >= 11 is 0. The van der Waals surface area contributed by atoms with Crippen LogP contribution in [0.3, 0.4) is 0 Å². The van der Waals surface area contributed by atoms with Crippen LogP contribution in [0.25, 0.3) is 11.1 Å². The van der Waals surface area contributed by atoms with Crippen LogP contribution in [0.2, 0.25) is 0 Å². The highest BCUT2D eigenvalue weighted by Gasteiger charge is 2.18. The molecule has 0 aliphatic carbocycles. The van der Waals surface area contributed by atoms with Crippen molar-refractivity contribution in [1.29, 1.82) is 0 Å². The molecule has 0 aliphatic heterocycles. The van der Waals surface area contributed by atoms with Crippen LogP contribution in [0.4, 0.5) is 5.69 Å². The lowest BCUT2D eigenvalue weighted by Crippen LogP contribution is -2.25. The zero-order valence-corrected chi connectivity index (χ0v) is 10.4. The molecule has 2 aromatic heterocycles. The quantitative estimate of drug-likeness (QED) is 0.704. The van der Waals surface area contributed by atoms with Crippen molar-refractivity contribution in [2.45, 2.75) is 0 Å². The predicted molar refractivity (Wildman–Crippen MR) is 73.2 cm³/mol. The number of hydrogen-bond acceptors (Lipinski definition) is 3. The summed E-state index contributed by atoms with van der Waals surface area (Å²) in [6, 6.07) is 14.7. The number of benzene rings is 1. The summed E-state index contributed by atoms with van der Waals surface area (Å²) in [5.74, 6) is 0.101. The Kier molecular flexibility index (Phi) is 2.76. The number of pyridine rings is 1.